The Labute approximate surface area is 295 Å². The molecular formula is C37H32Cl2N2ORuS2+. The van der Waals surface area contributed by atoms with Gasteiger partial charge in [-0.05, 0) is 0 Å². The fourth-order valence-corrected chi connectivity index (χ4v) is 8.38. The summed E-state index contributed by atoms with van der Waals surface area (Å²) >= 11 is 22.5. The van der Waals surface area contributed by atoms with E-state index in [1.165, 1.54) is 22.5 Å². The number of anilines is 2. The van der Waals surface area contributed by atoms with E-state index in [4.69, 9.17) is 40.6 Å². The van der Waals surface area contributed by atoms with Crippen LogP contribution in [-0.4, -0.2) is 29.3 Å². The molecule has 3 nitrogen and oxygen atoms in total. The zero-order chi connectivity index (χ0) is 31.5. The van der Waals surface area contributed by atoms with Crippen LogP contribution < -0.4 is 14.5 Å². The van der Waals surface area contributed by atoms with Crippen molar-refractivity contribution in [2.24, 2.45) is 0 Å². The molecule has 0 aromatic heterocycles. The van der Waals surface area contributed by atoms with Crippen LogP contribution >= 0.6 is 47.6 Å². The van der Waals surface area contributed by atoms with Crippen LogP contribution in [0, 0.1) is 13.8 Å². The Kier molecular flexibility index (Phi) is 10.3. The number of hydrogen-bond acceptors (Lipinski definition) is 5. The van der Waals surface area contributed by atoms with Gasteiger partial charge < -0.3 is 0 Å². The van der Waals surface area contributed by atoms with Gasteiger partial charge in [0, 0.05) is 0 Å². The first-order valence-electron chi connectivity index (χ1n) is 14.6. The quantitative estimate of drug-likeness (QED) is 0.0697. The second-order valence-corrected chi connectivity index (χ2v) is 13.7. The number of thioether (sulfide) groups is 1. The van der Waals surface area contributed by atoms with Crippen molar-refractivity contribution in [3.8, 4) is 16.9 Å². The summed E-state index contributed by atoms with van der Waals surface area (Å²) in [5.41, 5.74) is 7.40. The number of para-hydroxylation sites is 3. The van der Waals surface area contributed by atoms with Gasteiger partial charge in [-0.2, -0.15) is 0 Å². The van der Waals surface area contributed by atoms with Crippen LogP contribution in [0.1, 0.15) is 16.7 Å². The van der Waals surface area contributed by atoms with E-state index in [1.54, 1.807) is 17.8 Å². The van der Waals surface area contributed by atoms with Crippen LogP contribution in [0.5, 0.6) is 5.75 Å². The predicted molar refractivity (Wildman–Crippen MR) is 192 cm³/mol. The molecular weight excluding hydrogens is 725 g/mol. The Morgan fingerprint density at radius 2 is 1.36 bits per heavy atom. The summed E-state index contributed by atoms with van der Waals surface area (Å²) in [6.45, 7) is 5.98. The van der Waals surface area contributed by atoms with Gasteiger partial charge >= 0.3 is 297 Å². The minimum atomic E-state index is -0.455. The van der Waals surface area contributed by atoms with Crippen molar-refractivity contribution in [1.29, 1.82) is 0 Å². The molecule has 229 valence electrons. The van der Waals surface area contributed by atoms with E-state index in [2.05, 4.69) is 132 Å². The summed E-state index contributed by atoms with van der Waals surface area (Å²) in [4.78, 5) is 6.35. The van der Waals surface area contributed by atoms with E-state index < -0.39 is 5.44 Å². The standard InChI is InChI=1S/C37H32Cl2N2OS2.Ru/c1-24-12-7-9-18-31(24)40-22-23-41(32-19-10-8-13-25(32)2)36(40)37(44-35-30(39)21-20-29(38)34(35)43)42-33-26(3)14-11-17-28(33)27-15-5-4-6-16-27;/h3-21,36-37,43H,22-23H2,1-2H3;/q;+1/t37-;/m1./s1. The number of ether oxygens (including phenoxy) is 1. The van der Waals surface area contributed by atoms with Gasteiger partial charge in [0.2, 0.25) is 0 Å². The fourth-order valence-electron chi connectivity index (χ4n) is 5.86. The first kappa shape index (κ1) is 32.2. The summed E-state index contributed by atoms with van der Waals surface area (Å²) in [6, 6.07) is 37.4. The average molecular weight is 757 g/mol. The molecule has 1 atom stereocenters. The van der Waals surface area contributed by atoms with Crippen molar-refractivity contribution >= 4 is 63.6 Å². The maximum atomic E-state index is 7.34. The maximum absolute atomic E-state index is 7.34. The molecule has 0 radical (unpaired) electrons. The topological polar surface area (TPSA) is 15.7 Å². The van der Waals surface area contributed by atoms with E-state index >= 15 is 0 Å². The van der Waals surface area contributed by atoms with Crippen LogP contribution in [-0.2, 0) is 17.9 Å². The van der Waals surface area contributed by atoms with Crippen LogP contribution in [0.25, 0.3) is 11.1 Å². The SMILES string of the molecule is Cc1ccccc1N1CCN(c2ccccc2C)C1[C@H](Oc1c([CH]=[Ru+])cccc1-c1ccccc1)Sc1c(Cl)ccc(Cl)c1S. The zero-order valence-corrected chi connectivity index (χ0v) is 29.8. The molecule has 0 spiro atoms. The Morgan fingerprint density at radius 1 is 0.778 bits per heavy atom. The van der Waals surface area contributed by atoms with E-state index in [0.717, 1.165) is 40.4 Å². The Balaban J connectivity index is 1.56. The Morgan fingerprint density at radius 3 is 1.96 bits per heavy atom. The first-order valence-corrected chi connectivity index (χ1v) is 17.7. The van der Waals surface area contributed by atoms with Gasteiger partial charge in [-0.3, -0.25) is 0 Å². The molecule has 5 aromatic rings. The van der Waals surface area contributed by atoms with Gasteiger partial charge in [0.05, 0.1) is 0 Å². The fraction of sp³-hybridized carbons (Fsp3) is 0.162. The summed E-state index contributed by atoms with van der Waals surface area (Å²) in [5.74, 6) is 0.806. The molecule has 1 aliphatic rings. The molecule has 1 saturated heterocycles. The number of halogens is 2. The van der Waals surface area contributed by atoms with Gasteiger partial charge in [0.1, 0.15) is 0 Å². The van der Waals surface area contributed by atoms with Crippen LogP contribution in [0.3, 0.4) is 0 Å². The Hall–Kier alpha value is -2.73. The molecule has 5 aromatic carbocycles. The van der Waals surface area contributed by atoms with Crippen molar-refractivity contribution in [2.75, 3.05) is 22.9 Å². The summed E-state index contributed by atoms with van der Waals surface area (Å²) in [7, 11) is 0. The third-order valence-corrected chi connectivity index (χ3v) is 11.3. The normalized spacial score (nSPS) is 14.1. The average Bonchev–Trinajstić information content (AvgIpc) is 3.49. The van der Waals surface area contributed by atoms with Gasteiger partial charge in [-0.15, -0.1) is 0 Å². The van der Waals surface area contributed by atoms with Crippen molar-refractivity contribution in [1.82, 2.24) is 0 Å². The zero-order valence-electron chi connectivity index (χ0n) is 24.8. The van der Waals surface area contributed by atoms with Crippen molar-refractivity contribution in [3.05, 3.63) is 136 Å². The summed E-state index contributed by atoms with van der Waals surface area (Å²) in [6.07, 6.45) is -0.206. The van der Waals surface area contributed by atoms with Crippen LogP contribution in [0.4, 0.5) is 11.4 Å². The molecule has 6 rings (SSSR count). The molecule has 45 heavy (non-hydrogen) atoms. The van der Waals surface area contributed by atoms with Gasteiger partial charge in [-0.1, -0.05) is 0 Å². The predicted octanol–water partition coefficient (Wildman–Crippen LogP) is 10.1. The molecule has 0 N–H and O–H groups in total. The van der Waals surface area contributed by atoms with E-state index in [-0.39, 0.29) is 6.17 Å². The van der Waals surface area contributed by atoms with E-state index in [0.29, 0.717) is 14.9 Å². The summed E-state index contributed by atoms with van der Waals surface area (Å²) < 4.78 is 9.38. The molecule has 0 saturated carbocycles. The molecule has 1 heterocycles. The van der Waals surface area contributed by atoms with E-state index in [1.807, 2.05) is 16.7 Å². The number of aryl methyl sites for hydroxylation is 2. The monoisotopic (exact) mass is 756 g/mol. The molecule has 0 bridgehead atoms. The second kappa shape index (κ2) is 14.4. The van der Waals surface area contributed by atoms with Crippen molar-refractivity contribution in [3.63, 3.8) is 0 Å². The van der Waals surface area contributed by atoms with Gasteiger partial charge in [0.25, 0.3) is 0 Å². The number of nitrogens with zero attached hydrogens (tertiary/aromatic N) is 2. The molecule has 1 fully saturated rings. The van der Waals surface area contributed by atoms with Crippen molar-refractivity contribution < 1.29 is 22.6 Å². The molecule has 0 unspecified atom stereocenters. The number of benzene rings is 5. The third-order valence-electron chi connectivity index (χ3n) is 8.06. The van der Waals surface area contributed by atoms with Crippen LogP contribution in [0.15, 0.2) is 119 Å². The molecule has 1 aliphatic heterocycles. The third kappa shape index (κ3) is 6.73. The minimum absolute atomic E-state index is 0.206. The van der Waals surface area contributed by atoms with Crippen molar-refractivity contribution in [2.45, 2.75) is 35.2 Å². The molecule has 0 aliphatic carbocycles. The van der Waals surface area contributed by atoms with Crippen LogP contribution in [0.2, 0.25) is 10.0 Å². The summed E-state index contributed by atoms with van der Waals surface area (Å²) in [5, 5.41) is 1.13. The number of hydrogen-bond donors (Lipinski definition) is 1. The van der Waals surface area contributed by atoms with E-state index in [9.17, 15) is 0 Å². The Bertz CT molecular complexity index is 1780. The molecule has 8 heteroatoms. The van der Waals surface area contributed by atoms with Gasteiger partial charge in [0.15, 0.2) is 0 Å². The second-order valence-electron chi connectivity index (χ2n) is 10.9. The number of thiol groups is 1. The number of rotatable bonds is 9. The first-order chi connectivity index (χ1) is 21.9. The molecule has 0 amide bonds. The van der Waals surface area contributed by atoms with Gasteiger partial charge in [-0.25, -0.2) is 0 Å².